The van der Waals surface area contributed by atoms with Gasteiger partial charge in [0.05, 0.1) is 24.3 Å². The van der Waals surface area contributed by atoms with E-state index in [9.17, 15) is 4.79 Å². The molecule has 1 aliphatic rings. The molecule has 1 aliphatic heterocycles. The lowest BCUT2D eigenvalue weighted by Gasteiger charge is -2.28. The molecule has 36 heavy (non-hydrogen) atoms. The molecule has 0 spiro atoms. The average Bonchev–Trinajstić information content (AvgIpc) is 3.27. The zero-order valence-corrected chi connectivity index (χ0v) is 23.3. The van der Waals surface area contributed by atoms with Gasteiger partial charge in [-0.1, -0.05) is 48.5 Å². The summed E-state index contributed by atoms with van der Waals surface area (Å²) in [6.07, 6.45) is 1.00. The summed E-state index contributed by atoms with van der Waals surface area (Å²) in [6, 6.07) is 11.4. The van der Waals surface area contributed by atoms with Gasteiger partial charge in [-0.05, 0) is 59.5 Å². The summed E-state index contributed by atoms with van der Waals surface area (Å²) in [5.41, 5.74) is 4.11. The van der Waals surface area contributed by atoms with E-state index in [1.165, 1.54) is 12.7 Å². The predicted molar refractivity (Wildman–Crippen MR) is 144 cm³/mol. The van der Waals surface area contributed by atoms with Gasteiger partial charge >= 0.3 is 5.97 Å². The maximum Gasteiger partial charge on any atom is 0.338 e. The van der Waals surface area contributed by atoms with Crippen molar-refractivity contribution in [1.29, 1.82) is 0 Å². The van der Waals surface area contributed by atoms with Crippen LogP contribution in [0.15, 0.2) is 57.3 Å². The Hall–Kier alpha value is -2.98. The molecule has 0 saturated carbocycles. The summed E-state index contributed by atoms with van der Waals surface area (Å²) >= 11 is 5.23. The average molecular weight is 574 g/mol. The number of thioether (sulfide) groups is 1. The number of ether oxygens (including phenoxy) is 3. The van der Waals surface area contributed by atoms with E-state index in [0.717, 1.165) is 23.3 Å². The zero-order valence-electron chi connectivity index (χ0n) is 20.9. The van der Waals surface area contributed by atoms with Gasteiger partial charge in [0.15, 0.2) is 11.5 Å². The normalized spacial score (nSPS) is 14.8. The highest BCUT2D eigenvalue weighted by Crippen LogP contribution is 2.43. The largest absolute Gasteiger partial charge is 0.493 e. The van der Waals surface area contributed by atoms with Crippen molar-refractivity contribution in [3.05, 3.63) is 68.8 Å². The van der Waals surface area contributed by atoms with Crippen molar-refractivity contribution in [2.45, 2.75) is 45.0 Å². The fourth-order valence-electron chi connectivity index (χ4n) is 4.06. The van der Waals surface area contributed by atoms with E-state index in [1.54, 1.807) is 23.6 Å². The highest BCUT2D eigenvalue weighted by molar-refractivity contribution is 9.10. The standard InChI is InChI=1S/C26H29BrN4O4S/c1-6-10-36-26-29-25-28-16(3)21(24(32)34-5)22(31(25)30-26)18-12-19(27)23(20(13-18)33-4)35-14-17-9-7-8-15(2)11-17/h7-9,11-13,22H,6,10,14H2,1-5H3,(H,28,29,30). The summed E-state index contributed by atoms with van der Waals surface area (Å²) < 4.78 is 19.4. The third-order valence-electron chi connectivity index (χ3n) is 5.71. The Morgan fingerprint density at radius 3 is 2.72 bits per heavy atom. The number of anilines is 1. The third-order valence-corrected chi connectivity index (χ3v) is 7.34. The van der Waals surface area contributed by atoms with Crippen LogP contribution in [-0.2, 0) is 16.1 Å². The molecule has 190 valence electrons. The second-order valence-electron chi connectivity index (χ2n) is 8.38. The summed E-state index contributed by atoms with van der Waals surface area (Å²) in [5.74, 6) is 2.14. The predicted octanol–water partition coefficient (Wildman–Crippen LogP) is 5.90. The number of fused-ring (bicyclic) bond motifs is 1. The van der Waals surface area contributed by atoms with Crippen LogP contribution in [0.5, 0.6) is 11.5 Å². The molecule has 2 heterocycles. The Kier molecular flexibility index (Phi) is 8.25. The van der Waals surface area contributed by atoms with Gasteiger partial charge in [0.25, 0.3) is 0 Å². The molecule has 0 amide bonds. The number of methoxy groups -OCH3 is 2. The van der Waals surface area contributed by atoms with Gasteiger partial charge in [-0.25, -0.2) is 9.48 Å². The number of aryl methyl sites for hydroxylation is 1. The van der Waals surface area contributed by atoms with Gasteiger partial charge in [0, 0.05) is 11.4 Å². The van der Waals surface area contributed by atoms with E-state index in [2.05, 4.69) is 39.2 Å². The lowest BCUT2D eigenvalue weighted by molar-refractivity contribution is -0.136. The van der Waals surface area contributed by atoms with Crippen LogP contribution >= 0.6 is 27.7 Å². The number of rotatable bonds is 9. The Balaban J connectivity index is 1.75. The highest BCUT2D eigenvalue weighted by Gasteiger charge is 2.36. The molecule has 8 nitrogen and oxygen atoms in total. The highest BCUT2D eigenvalue weighted by atomic mass is 79.9. The first kappa shape index (κ1) is 26.1. The van der Waals surface area contributed by atoms with Crippen molar-refractivity contribution in [3.8, 4) is 11.5 Å². The molecular formula is C26H29BrN4O4S. The number of allylic oxidation sites excluding steroid dienone is 1. The first-order chi connectivity index (χ1) is 17.4. The number of hydrogen-bond donors (Lipinski definition) is 1. The monoisotopic (exact) mass is 572 g/mol. The molecule has 2 aromatic carbocycles. The van der Waals surface area contributed by atoms with Crippen LogP contribution < -0.4 is 14.8 Å². The van der Waals surface area contributed by atoms with E-state index in [1.807, 2.05) is 44.2 Å². The molecule has 1 atom stereocenters. The van der Waals surface area contributed by atoms with Gasteiger partial charge in [-0.3, -0.25) is 0 Å². The molecule has 0 radical (unpaired) electrons. The molecular weight excluding hydrogens is 544 g/mol. The number of nitrogens with one attached hydrogen (secondary N) is 1. The first-order valence-electron chi connectivity index (χ1n) is 11.6. The minimum Gasteiger partial charge on any atom is -0.493 e. The Morgan fingerprint density at radius 1 is 1.22 bits per heavy atom. The van der Waals surface area contributed by atoms with Crippen LogP contribution in [0.1, 0.15) is 43.0 Å². The van der Waals surface area contributed by atoms with Crippen molar-refractivity contribution in [2.75, 3.05) is 25.3 Å². The molecule has 4 rings (SSSR count). The van der Waals surface area contributed by atoms with Crippen LogP contribution in [0.3, 0.4) is 0 Å². The van der Waals surface area contributed by atoms with E-state index in [4.69, 9.17) is 19.3 Å². The summed E-state index contributed by atoms with van der Waals surface area (Å²) in [6.45, 7) is 6.38. The minimum atomic E-state index is -0.562. The maximum atomic E-state index is 12.9. The van der Waals surface area contributed by atoms with Gasteiger partial charge in [-0.15, -0.1) is 5.10 Å². The van der Waals surface area contributed by atoms with Crippen molar-refractivity contribution in [1.82, 2.24) is 14.8 Å². The van der Waals surface area contributed by atoms with E-state index in [0.29, 0.717) is 45.0 Å². The number of esters is 1. The molecule has 0 aliphatic carbocycles. The van der Waals surface area contributed by atoms with E-state index >= 15 is 0 Å². The molecule has 10 heteroatoms. The van der Waals surface area contributed by atoms with Gasteiger partial charge in [0.2, 0.25) is 11.1 Å². The second-order valence-corrected chi connectivity index (χ2v) is 10.3. The Labute approximate surface area is 223 Å². The number of halogens is 1. The van der Waals surface area contributed by atoms with Crippen LogP contribution in [-0.4, -0.2) is 40.7 Å². The summed E-state index contributed by atoms with van der Waals surface area (Å²) in [4.78, 5) is 17.5. The number of benzene rings is 2. The lowest BCUT2D eigenvalue weighted by Crippen LogP contribution is -2.29. The lowest BCUT2D eigenvalue weighted by atomic mass is 9.95. The fourth-order valence-corrected chi connectivity index (χ4v) is 5.32. The third kappa shape index (κ3) is 5.39. The summed E-state index contributed by atoms with van der Waals surface area (Å²) in [7, 11) is 2.97. The quantitative estimate of drug-likeness (QED) is 0.250. The van der Waals surface area contributed by atoms with Crippen LogP contribution in [0, 0.1) is 6.92 Å². The number of aromatic nitrogens is 3. The smallest absolute Gasteiger partial charge is 0.338 e. The zero-order chi connectivity index (χ0) is 25.8. The number of nitrogens with zero attached hydrogens (tertiary/aromatic N) is 3. The van der Waals surface area contributed by atoms with E-state index < -0.39 is 12.0 Å². The fraction of sp³-hybridized carbons (Fsp3) is 0.346. The van der Waals surface area contributed by atoms with Crippen LogP contribution in [0.2, 0.25) is 0 Å². The molecule has 1 unspecified atom stereocenters. The van der Waals surface area contributed by atoms with Crippen molar-refractivity contribution in [2.24, 2.45) is 0 Å². The SMILES string of the molecule is CCCSc1nc2n(n1)C(c1cc(Br)c(OCc3cccc(C)c3)c(OC)c1)C(C(=O)OC)=C(C)N2. The maximum absolute atomic E-state index is 12.9. The number of hydrogen-bond acceptors (Lipinski definition) is 8. The summed E-state index contributed by atoms with van der Waals surface area (Å²) in [5, 5.41) is 8.57. The molecule has 0 saturated heterocycles. The topological polar surface area (TPSA) is 87.5 Å². The molecule has 0 fully saturated rings. The molecule has 0 bridgehead atoms. The van der Waals surface area contributed by atoms with Crippen molar-refractivity contribution < 1.29 is 19.0 Å². The van der Waals surface area contributed by atoms with Crippen LogP contribution in [0.4, 0.5) is 5.95 Å². The molecule has 3 aromatic rings. The molecule has 1 aromatic heterocycles. The van der Waals surface area contributed by atoms with Crippen molar-refractivity contribution >= 4 is 39.6 Å². The minimum absolute atomic E-state index is 0.390. The van der Waals surface area contributed by atoms with Gasteiger partial charge in [0.1, 0.15) is 12.6 Å². The van der Waals surface area contributed by atoms with Crippen molar-refractivity contribution in [3.63, 3.8) is 0 Å². The Bertz CT molecular complexity index is 1310. The molecule has 1 N–H and O–H groups in total. The Morgan fingerprint density at radius 2 is 2.03 bits per heavy atom. The van der Waals surface area contributed by atoms with Gasteiger partial charge in [-0.2, -0.15) is 4.98 Å². The first-order valence-corrected chi connectivity index (χ1v) is 13.3. The van der Waals surface area contributed by atoms with E-state index in [-0.39, 0.29) is 0 Å². The van der Waals surface area contributed by atoms with Crippen LogP contribution in [0.25, 0.3) is 0 Å². The number of carbonyl (C=O) groups excluding carboxylic acids is 1. The second kappa shape index (κ2) is 11.4. The van der Waals surface area contributed by atoms with Gasteiger partial charge < -0.3 is 19.5 Å². The number of carbonyl (C=O) groups is 1.